The van der Waals surface area contributed by atoms with Crippen molar-refractivity contribution in [2.45, 2.75) is 121 Å². The van der Waals surface area contributed by atoms with Gasteiger partial charge in [0.1, 0.15) is 23.7 Å². The van der Waals surface area contributed by atoms with Gasteiger partial charge in [-0.25, -0.2) is 9.48 Å². The zero-order valence-corrected chi connectivity index (χ0v) is 32.5. The Balaban J connectivity index is 1.40. The van der Waals surface area contributed by atoms with Crippen molar-refractivity contribution < 1.29 is 51.9 Å². The molecule has 50 heavy (non-hydrogen) atoms. The minimum absolute atomic E-state index is 0.0427. The zero-order chi connectivity index (χ0) is 36.3. The molecule has 1 amide bonds. The van der Waals surface area contributed by atoms with E-state index in [1.165, 1.54) is 10.9 Å². The van der Waals surface area contributed by atoms with Gasteiger partial charge in [-0.1, -0.05) is 32.5 Å². The molecule has 3 fully saturated rings. The highest BCUT2D eigenvalue weighted by molar-refractivity contribution is 7.55. The molecule has 4 heterocycles. The molecule has 2 N–H and O–H groups in total. The Kier molecular flexibility index (Phi) is 12.7. The molecule has 0 bridgehead atoms. The molecule has 0 radical (unpaired) electrons. The van der Waals surface area contributed by atoms with E-state index in [9.17, 15) is 14.5 Å². The first-order valence-electron chi connectivity index (χ1n) is 17.2. The first kappa shape index (κ1) is 39.4. The molecule has 2 saturated heterocycles. The van der Waals surface area contributed by atoms with E-state index < -0.39 is 64.0 Å². The predicted molar refractivity (Wildman–Crippen MR) is 185 cm³/mol. The maximum atomic E-state index is 14.2. The fraction of sp³-hybridized carbons (Fsp3) is 0.806. The quantitative estimate of drug-likeness (QED) is 0.0921. The van der Waals surface area contributed by atoms with E-state index in [4.69, 9.17) is 49.1 Å². The molecule has 0 unspecified atom stereocenters. The zero-order valence-electron chi connectivity index (χ0n) is 29.9. The molecule has 5 rings (SSSR count). The van der Waals surface area contributed by atoms with Gasteiger partial charge < -0.3 is 47.9 Å². The number of carbonyl (C=O) groups is 1. The van der Waals surface area contributed by atoms with Crippen molar-refractivity contribution in [3.63, 3.8) is 0 Å². The average molecular weight is 764 g/mol. The van der Waals surface area contributed by atoms with Crippen LogP contribution < -0.4 is 10.1 Å². The molecule has 19 heteroatoms. The number of nitrogens with zero attached hydrogens (tertiary/aromatic N) is 4. The highest BCUT2D eigenvalue weighted by Crippen LogP contribution is 2.61. The van der Waals surface area contributed by atoms with Crippen LogP contribution in [0.15, 0.2) is 6.20 Å². The summed E-state index contributed by atoms with van der Waals surface area (Å²) in [6.07, 6.45) is 1.60. The van der Waals surface area contributed by atoms with Gasteiger partial charge in [-0.2, -0.15) is 15.1 Å². The van der Waals surface area contributed by atoms with E-state index in [1.807, 2.05) is 0 Å². The molecule has 0 spiro atoms. The molecule has 1 aliphatic carbocycles. The largest absolute Gasteiger partial charge is 0.414 e. The SMILES string of the molecule is CCOP(=O)(OCC)[C@](CO)(COCC[Si](C)(C)C)OC[C@H]1O[C@@H](n2ncc3c(OC(=O)NC4CCCC4)nc(Cl)nc32)[C@@H]2OC(C)(C)O[C@@H]21. The van der Waals surface area contributed by atoms with E-state index in [-0.39, 0.29) is 49.3 Å². The lowest BCUT2D eigenvalue weighted by Crippen LogP contribution is -2.46. The van der Waals surface area contributed by atoms with Crippen LogP contribution in [0.4, 0.5) is 4.79 Å². The van der Waals surface area contributed by atoms with E-state index in [0.29, 0.717) is 12.0 Å². The van der Waals surface area contributed by atoms with Crippen molar-refractivity contribution in [2.75, 3.05) is 39.6 Å². The highest BCUT2D eigenvalue weighted by Gasteiger charge is 2.59. The molecule has 2 aliphatic heterocycles. The Hall–Kier alpha value is -1.76. The number of fused-ring (bicyclic) bond motifs is 2. The van der Waals surface area contributed by atoms with Gasteiger partial charge in [0, 0.05) is 20.7 Å². The number of hydrogen-bond donors (Lipinski definition) is 2. The second-order valence-corrected chi connectivity index (χ2v) is 22.7. The number of carbonyl (C=O) groups excluding carboxylic acids is 1. The highest BCUT2D eigenvalue weighted by atomic mass is 35.5. The summed E-state index contributed by atoms with van der Waals surface area (Å²) in [6.45, 7) is 12.9. The van der Waals surface area contributed by atoms with Gasteiger partial charge >= 0.3 is 13.7 Å². The maximum Gasteiger partial charge on any atom is 0.414 e. The van der Waals surface area contributed by atoms with Crippen LogP contribution in [-0.2, 0) is 37.3 Å². The Morgan fingerprint density at radius 3 is 2.48 bits per heavy atom. The Bertz CT molecular complexity index is 1510. The van der Waals surface area contributed by atoms with Crippen molar-refractivity contribution in [1.82, 2.24) is 25.1 Å². The molecule has 16 nitrogen and oxygen atoms in total. The van der Waals surface area contributed by atoms with Gasteiger partial charge in [0.05, 0.1) is 39.2 Å². The van der Waals surface area contributed by atoms with Crippen molar-refractivity contribution in [3.05, 3.63) is 11.5 Å². The first-order valence-corrected chi connectivity index (χ1v) is 22.9. The Labute approximate surface area is 298 Å². The molecule has 2 aromatic rings. The van der Waals surface area contributed by atoms with E-state index in [0.717, 1.165) is 31.7 Å². The third-order valence-electron chi connectivity index (χ3n) is 8.81. The van der Waals surface area contributed by atoms with Crippen LogP contribution >= 0.6 is 19.2 Å². The molecule has 5 atom stereocenters. The number of aromatic nitrogens is 4. The standard InChI is InChI=1S/C31H51ClN5O11PSi/c1-8-43-49(40,44-9-2)31(18-38,19-41-14-15-50(5,6)7)42-17-22-23-24(48-30(3,4)47-23)27(45-22)37-25-21(16-33-37)26(36-28(32)35-25)46-29(39)34-20-12-10-11-13-20/h16,20,22-24,27,38H,8-15,17-19H2,1-7H3,(H,34,39)/t22-,23-,24-,27-,31-/m1/s1. The van der Waals surface area contributed by atoms with Crippen LogP contribution in [0, 0.1) is 0 Å². The van der Waals surface area contributed by atoms with Gasteiger partial charge in [-0.3, -0.25) is 4.57 Å². The lowest BCUT2D eigenvalue weighted by Gasteiger charge is -2.38. The van der Waals surface area contributed by atoms with Crippen LogP contribution in [0.25, 0.3) is 11.0 Å². The summed E-state index contributed by atoms with van der Waals surface area (Å²) in [6, 6.07) is 0.893. The Morgan fingerprint density at radius 1 is 1.16 bits per heavy atom. The van der Waals surface area contributed by atoms with Crippen LogP contribution in [0.1, 0.15) is 59.6 Å². The Morgan fingerprint density at radius 2 is 1.84 bits per heavy atom. The lowest BCUT2D eigenvalue weighted by molar-refractivity contribution is -0.208. The van der Waals surface area contributed by atoms with Crippen LogP contribution in [0.2, 0.25) is 31.0 Å². The van der Waals surface area contributed by atoms with Crippen molar-refractivity contribution in [2.24, 2.45) is 0 Å². The van der Waals surface area contributed by atoms with Gasteiger partial charge in [0.2, 0.25) is 16.5 Å². The van der Waals surface area contributed by atoms with E-state index >= 15 is 0 Å². The third-order valence-corrected chi connectivity index (χ3v) is 13.3. The topological polar surface area (TPSA) is 184 Å². The van der Waals surface area contributed by atoms with Crippen molar-refractivity contribution in [3.8, 4) is 5.88 Å². The fourth-order valence-corrected chi connectivity index (χ4v) is 9.11. The summed E-state index contributed by atoms with van der Waals surface area (Å²) in [5.41, 5.74) is 0.241. The number of hydrogen-bond acceptors (Lipinski definition) is 14. The summed E-state index contributed by atoms with van der Waals surface area (Å²) < 4.78 is 64.0. The summed E-state index contributed by atoms with van der Waals surface area (Å²) in [4.78, 5) is 21.2. The van der Waals surface area contributed by atoms with E-state index in [2.05, 4.69) is 40.0 Å². The summed E-state index contributed by atoms with van der Waals surface area (Å²) in [5, 5.41) is 16.5. The van der Waals surface area contributed by atoms with Gasteiger partial charge in [-0.15, -0.1) is 0 Å². The smallest absolute Gasteiger partial charge is 0.393 e. The molecule has 2 aromatic heterocycles. The minimum Gasteiger partial charge on any atom is -0.393 e. The van der Waals surface area contributed by atoms with Crippen molar-refractivity contribution >= 4 is 44.4 Å². The molecular formula is C31H51ClN5O11PSi. The third kappa shape index (κ3) is 8.88. The van der Waals surface area contributed by atoms with Crippen LogP contribution in [-0.4, -0.2) is 114 Å². The van der Waals surface area contributed by atoms with Gasteiger partial charge in [0.25, 0.3) is 0 Å². The number of ether oxygens (including phenoxy) is 6. The summed E-state index contributed by atoms with van der Waals surface area (Å²) in [5.74, 6) is -1.05. The number of rotatable bonds is 17. The van der Waals surface area contributed by atoms with Gasteiger partial charge in [0.15, 0.2) is 17.7 Å². The van der Waals surface area contributed by atoms with Gasteiger partial charge in [-0.05, 0) is 58.2 Å². The molecule has 3 aliphatic rings. The second-order valence-electron chi connectivity index (χ2n) is 14.4. The molecule has 0 aromatic carbocycles. The maximum absolute atomic E-state index is 14.2. The second kappa shape index (κ2) is 16.1. The molecule has 1 saturated carbocycles. The fourth-order valence-electron chi connectivity index (χ4n) is 6.32. The molecular weight excluding hydrogens is 713 g/mol. The summed E-state index contributed by atoms with van der Waals surface area (Å²) in [7, 11) is -5.54. The normalized spacial score (nSPS) is 25.2. The molecule has 282 valence electrons. The first-order chi connectivity index (χ1) is 23.6. The average Bonchev–Trinajstić information content (AvgIpc) is 3.81. The van der Waals surface area contributed by atoms with Crippen LogP contribution in [0.5, 0.6) is 5.88 Å². The monoisotopic (exact) mass is 763 g/mol. The number of aliphatic hydroxyl groups excluding tert-OH is 1. The number of nitrogens with one attached hydrogen (secondary N) is 1. The summed E-state index contributed by atoms with van der Waals surface area (Å²) >= 11 is 6.31. The van der Waals surface area contributed by atoms with Crippen LogP contribution in [0.3, 0.4) is 0 Å². The van der Waals surface area contributed by atoms with Crippen molar-refractivity contribution in [1.29, 1.82) is 0 Å². The number of aliphatic hydroxyl groups is 1. The minimum atomic E-state index is -4.09. The number of amides is 1. The lowest BCUT2D eigenvalue weighted by atomic mass is 10.1. The predicted octanol–water partition coefficient (Wildman–Crippen LogP) is 5.25. The number of halogens is 1. The van der Waals surface area contributed by atoms with E-state index in [1.54, 1.807) is 27.7 Å².